The SMILES string of the molecule is CC(O)c1ccc(N(C)C2CC2)c(Cl)c1. The van der Waals surface area contributed by atoms with E-state index in [-0.39, 0.29) is 0 Å². The van der Waals surface area contributed by atoms with E-state index in [1.165, 1.54) is 12.8 Å². The van der Waals surface area contributed by atoms with Crippen molar-refractivity contribution in [2.75, 3.05) is 11.9 Å². The molecule has 3 heteroatoms. The molecule has 0 bridgehead atoms. The Hall–Kier alpha value is -0.730. The summed E-state index contributed by atoms with van der Waals surface area (Å²) in [7, 11) is 2.07. The molecule has 1 aliphatic carbocycles. The predicted octanol–water partition coefficient (Wildman–Crippen LogP) is 2.99. The van der Waals surface area contributed by atoms with Gasteiger partial charge in [-0.25, -0.2) is 0 Å². The molecule has 0 radical (unpaired) electrons. The molecule has 1 aliphatic rings. The molecule has 1 saturated carbocycles. The molecule has 1 unspecified atom stereocenters. The highest BCUT2D eigenvalue weighted by molar-refractivity contribution is 6.33. The fourth-order valence-corrected chi connectivity index (χ4v) is 2.05. The Morgan fingerprint density at radius 3 is 2.60 bits per heavy atom. The highest BCUT2D eigenvalue weighted by atomic mass is 35.5. The Bertz CT molecular complexity index is 361. The summed E-state index contributed by atoms with van der Waals surface area (Å²) < 4.78 is 0. The molecule has 15 heavy (non-hydrogen) atoms. The van der Waals surface area contributed by atoms with Crippen molar-refractivity contribution in [2.24, 2.45) is 0 Å². The number of halogens is 1. The molecule has 0 aromatic heterocycles. The average molecular weight is 226 g/mol. The van der Waals surface area contributed by atoms with Crippen LogP contribution in [0, 0.1) is 0 Å². The van der Waals surface area contributed by atoms with E-state index < -0.39 is 6.10 Å². The summed E-state index contributed by atoms with van der Waals surface area (Å²) in [6, 6.07) is 6.42. The van der Waals surface area contributed by atoms with Gasteiger partial charge >= 0.3 is 0 Å². The molecule has 1 aromatic carbocycles. The molecule has 0 heterocycles. The first-order chi connectivity index (χ1) is 7.09. The Balaban J connectivity index is 2.25. The van der Waals surface area contributed by atoms with Crippen LogP contribution < -0.4 is 4.90 Å². The van der Waals surface area contributed by atoms with Crippen LogP contribution in [0.25, 0.3) is 0 Å². The number of nitrogens with zero attached hydrogens (tertiary/aromatic N) is 1. The molecule has 2 rings (SSSR count). The van der Waals surface area contributed by atoms with Crippen molar-refractivity contribution in [1.29, 1.82) is 0 Å². The number of aliphatic hydroxyl groups excluding tert-OH is 1. The number of anilines is 1. The lowest BCUT2D eigenvalue weighted by Gasteiger charge is -2.20. The second-order valence-electron chi connectivity index (χ2n) is 4.23. The number of hydrogen-bond donors (Lipinski definition) is 1. The molecule has 1 fully saturated rings. The lowest BCUT2D eigenvalue weighted by Crippen LogP contribution is -2.19. The summed E-state index contributed by atoms with van der Waals surface area (Å²) in [6.07, 6.45) is 2.05. The van der Waals surface area contributed by atoms with Gasteiger partial charge in [0.05, 0.1) is 16.8 Å². The maximum absolute atomic E-state index is 9.43. The molecule has 0 saturated heterocycles. The number of hydrogen-bond acceptors (Lipinski definition) is 2. The van der Waals surface area contributed by atoms with E-state index in [1.54, 1.807) is 6.92 Å². The second-order valence-corrected chi connectivity index (χ2v) is 4.64. The Morgan fingerprint density at radius 1 is 1.47 bits per heavy atom. The Labute approximate surface area is 95.5 Å². The topological polar surface area (TPSA) is 23.5 Å². The van der Waals surface area contributed by atoms with Crippen molar-refractivity contribution in [2.45, 2.75) is 31.9 Å². The quantitative estimate of drug-likeness (QED) is 0.855. The minimum absolute atomic E-state index is 0.456. The summed E-state index contributed by atoms with van der Waals surface area (Å²) in [4.78, 5) is 2.22. The highest BCUT2D eigenvalue weighted by Gasteiger charge is 2.27. The molecule has 1 N–H and O–H groups in total. The van der Waals surface area contributed by atoms with Crippen LogP contribution in [0.1, 0.15) is 31.4 Å². The zero-order valence-corrected chi connectivity index (χ0v) is 9.83. The van der Waals surface area contributed by atoms with Gasteiger partial charge in [0.15, 0.2) is 0 Å². The van der Waals surface area contributed by atoms with Crippen LogP contribution in [0.2, 0.25) is 5.02 Å². The van der Waals surface area contributed by atoms with Crippen molar-refractivity contribution in [3.63, 3.8) is 0 Å². The third kappa shape index (κ3) is 2.27. The fraction of sp³-hybridized carbons (Fsp3) is 0.500. The van der Waals surface area contributed by atoms with Crippen molar-refractivity contribution in [3.8, 4) is 0 Å². The number of aliphatic hydroxyl groups is 1. The first kappa shape index (κ1) is 10.8. The van der Waals surface area contributed by atoms with Gasteiger partial charge in [0.25, 0.3) is 0 Å². The summed E-state index contributed by atoms with van der Waals surface area (Å²) in [6.45, 7) is 1.75. The van der Waals surface area contributed by atoms with Crippen LogP contribution in [-0.4, -0.2) is 18.2 Å². The molecule has 1 atom stereocenters. The first-order valence-corrected chi connectivity index (χ1v) is 5.67. The zero-order valence-electron chi connectivity index (χ0n) is 9.07. The highest BCUT2D eigenvalue weighted by Crippen LogP contribution is 2.35. The van der Waals surface area contributed by atoms with E-state index in [4.69, 9.17) is 11.6 Å². The summed E-state index contributed by atoms with van der Waals surface area (Å²) in [5, 5.41) is 10.2. The summed E-state index contributed by atoms with van der Waals surface area (Å²) in [5.74, 6) is 0. The lowest BCUT2D eigenvalue weighted by atomic mass is 10.1. The van der Waals surface area contributed by atoms with E-state index in [9.17, 15) is 5.11 Å². The molecular formula is C12H16ClNO. The molecular weight excluding hydrogens is 210 g/mol. The average Bonchev–Trinajstić information content (AvgIpc) is 2.99. The van der Waals surface area contributed by atoms with Crippen LogP contribution in [0.3, 0.4) is 0 Å². The Kier molecular flexibility index (Phi) is 2.89. The largest absolute Gasteiger partial charge is 0.389 e. The van der Waals surface area contributed by atoms with Gasteiger partial charge in [0, 0.05) is 13.1 Å². The normalized spacial score (nSPS) is 17.6. The molecule has 0 aliphatic heterocycles. The second kappa shape index (κ2) is 4.03. The molecule has 1 aromatic rings. The monoisotopic (exact) mass is 225 g/mol. The van der Waals surface area contributed by atoms with E-state index in [0.717, 1.165) is 16.3 Å². The number of rotatable bonds is 3. The van der Waals surface area contributed by atoms with Crippen LogP contribution in [0.4, 0.5) is 5.69 Å². The minimum atomic E-state index is -0.456. The van der Waals surface area contributed by atoms with E-state index in [0.29, 0.717) is 6.04 Å². The molecule has 2 nitrogen and oxygen atoms in total. The van der Waals surface area contributed by atoms with Gasteiger partial charge in [-0.15, -0.1) is 0 Å². The number of benzene rings is 1. The van der Waals surface area contributed by atoms with Gasteiger partial charge in [-0.1, -0.05) is 17.7 Å². The smallest absolute Gasteiger partial charge is 0.0762 e. The molecule has 82 valence electrons. The van der Waals surface area contributed by atoms with Gasteiger partial charge < -0.3 is 10.0 Å². The third-order valence-electron chi connectivity index (χ3n) is 2.93. The van der Waals surface area contributed by atoms with Gasteiger partial charge in [0.2, 0.25) is 0 Å². The third-order valence-corrected chi connectivity index (χ3v) is 3.23. The first-order valence-electron chi connectivity index (χ1n) is 5.30. The van der Waals surface area contributed by atoms with Crippen LogP contribution in [-0.2, 0) is 0 Å². The maximum atomic E-state index is 9.43. The summed E-state index contributed by atoms with van der Waals surface area (Å²) in [5.41, 5.74) is 1.93. The predicted molar refractivity (Wildman–Crippen MR) is 63.5 cm³/mol. The van der Waals surface area contributed by atoms with Crippen molar-refractivity contribution >= 4 is 17.3 Å². The summed E-state index contributed by atoms with van der Waals surface area (Å²) >= 11 is 6.19. The molecule has 0 spiro atoms. The van der Waals surface area contributed by atoms with E-state index in [1.807, 2.05) is 18.2 Å². The van der Waals surface area contributed by atoms with Crippen LogP contribution in [0.5, 0.6) is 0 Å². The lowest BCUT2D eigenvalue weighted by molar-refractivity contribution is 0.199. The van der Waals surface area contributed by atoms with E-state index in [2.05, 4.69) is 11.9 Å². The van der Waals surface area contributed by atoms with Crippen LogP contribution >= 0.6 is 11.6 Å². The van der Waals surface area contributed by atoms with Gasteiger partial charge in [0.1, 0.15) is 0 Å². The zero-order chi connectivity index (χ0) is 11.0. The van der Waals surface area contributed by atoms with Crippen molar-refractivity contribution in [3.05, 3.63) is 28.8 Å². The molecule has 0 amide bonds. The Morgan fingerprint density at radius 2 is 2.13 bits per heavy atom. The van der Waals surface area contributed by atoms with Gasteiger partial charge in [-0.3, -0.25) is 0 Å². The van der Waals surface area contributed by atoms with E-state index >= 15 is 0 Å². The minimum Gasteiger partial charge on any atom is -0.389 e. The van der Waals surface area contributed by atoms with Crippen LogP contribution in [0.15, 0.2) is 18.2 Å². The van der Waals surface area contributed by atoms with Gasteiger partial charge in [-0.2, -0.15) is 0 Å². The standard InChI is InChI=1S/C12H16ClNO/c1-8(15)9-3-6-12(11(13)7-9)14(2)10-4-5-10/h3,6-8,10,15H,4-5H2,1-2H3. The van der Waals surface area contributed by atoms with Crippen molar-refractivity contribution in [1.82, 2.24) is 0 Å². The fourth-order valence-electron chi connectivity index (χ4n) is 1.73. The maximum Gasteiger partial charge on any atom is 0.0762 e. The van der Waals surface area contributed by atoms with Gasteiger partial charge in [-0.05, 0) is 37.5 Å². The van der Waals surface area contributed by atoms with Crippen molar-refractivity contribution < 1.29 is 5.11 Å².